The molecule has 1 fully saturated rings. The van der Waals surface area contributed by atoms with Crippen molar-refractivity contribution in [1.82, 2.24) is 10.2 Å². The molecule has 0 aromatic carbocycles. The van der Waals surface area contributed by atoms with Gasteiger partial charge in [0.2, 0.25) is 0 Å². The summed E-state index contributed by atoms with van der Waals surface area (Å²) in [5, 5.41) is 3.43. The number of hydrogen-bond donors (Lipinski definition) is 1. The molecule has 1 heterocycles. The van der Waals surface area contributed by atoms with Gasteiger partial charge in [0.15, 0.2) is 0 Å². The van der Waals surface area contributed by atoms with Crippen LogP contribution in [0.5, 0.6) is 0 Å². The minimum Gasteiger partial charge on any atom is -0.369 e. The zero-order chi connectivity index (χ0) is 12.1. The third-order valence-corrected chi connectivity index (χ3v) is 3.52. The summed E-state index contributed by atoms with van der Waals surface area (Å²) in [5.41, 5.74) is 4.58. The standard InChI is InChI=1S/C15H24N2/c1-3-6-14-8-5-4-7-13(2)15(14)17-11-9-16-10-12-17/h4-5,8,16H,3,6-7,9-12H2,1-2H3. The SMILES string of the molecule is CCCC1=CC=CCC(C)=C1N1CCNCC1. The molecule has 0 atom stereocenters. The fraction of sp³-hybridized carbons (Fsp3) is 0.600. The number of allylic oxidation sites excluding steroid dienone is 5. The van der Waals surface area contributed by atoms with Crippen molar-refractivity contribution in [3.8, 4) is 0 Å². The summed E-state index contributed by atoms with van der Waals surface area (Å²) in [6.07, 6.45) is 10.3. The van der Waals surface area contributed by atoms with Gasteiger partial charge in [-0.15, -0.1) is 0 Å². The van der Waals surface area contributed by atoms with Gasteiger partial charge in [-0.2, -0.15) is 0 Å². The molecular formula is C15H24N2. The number of hydrogen-bond acceptors (Lipinski definition) is 2. The normalized spacial score (nSPS) is 21.5. The van der Waals surface area contributed by atoms with Crippen LogP contribution in [-0.4, -0.2) is 31.1 Å². The van der Waals surface area contributed by atoms with E-state index in [1.807, 2.05) is 0 Å². The van der Waals surface area contributed by atoms with Crippen LogP contribution in [0.2, 0.25) is 0 Å². The summed E-state index contributed by atoms with van der Waals surface area (Å²) >= 11 is 0. The van der Waals surface area contributed by atoms with E-state index in [0.717, 1.165) is 32.6 Å². The molecule has 2 heteroatoms. The molecule has 1 saturated heterocycles. The molecule has 1 aliphatic carbocycles. The highest BCUT2D eigenvalue weighted by atomic mass is 15.2. The van der Waals surface area contributed by atoms with E-state index in [2.05, 4.69) is 42.3 Å². The Morgan fingerprint density at radius 1 is 1.29 bits per heavy atom. The monoisotopic (exact) mass is 232 g/mol. The zero-order valence-electron chi connectivity index (χ0n) is 11.1. The van der Waals surface area contributed by atoms with E-state index < -0.39 is 0 Å². The van der Waals surface area contributed by atoms with Gasteiger partial charge >= 0.3 is 0 Å². The average molecular weight is 232 g/mol. The molecule has 2 aliphatic rings. The predicted octanol–water partition coefficient (Wildman–Crippen LogP) is 2.85. The third-order valence-electron chi connectivity index (χ3n) is 3.52. The predicted molar refractivity (Wildman–Crippen MR) is 73.9 cm³/mol. The Bertz CT molecular complexity index is 344. The quantitative estimate of drug-likeness (QED) is 0.805. The molecule has 1 aliphatic heterocycles. The minimum absolute atomic E-state index is 1.10. The topological polar surface area (TPSA) is 15.3 Å². The highest BCUT2D eigenvalue weighted by Gasteiger charge is 2.18. The second kappa shape index (κ2) is 6.06. The maximum atomic E-state index is 3.43. The molecule has 0 aromatic rings. The van der Waals surface area contributed by atoms with Crippen LogP contribution in [-0.2, 0) is 0 Å². The highest BCUT2D eigenvalue weighted by Crippen LogP contribution is 2.27. The van der Waals surface area contributed by atoms with Crippen molar-refractivity contribution < 1.29 is 0 Å². The van der Waals surface area contributed by atoms with Gasteiger partial charge in [-0.25, -0.2) is 0 Å². The summed E-state index contributed by atoms with van der Waals surface area (Å²) in [4.78, 5) is 2.57. The van der Waals surface area contributed by atoms with Crippen LogP contribution in [0, 0.1) is 0 Å². The van der Waals surface area contributed by atoms with Crippen molar-refractivity contribution >= 4 is 0 Å². The van der Waals surface area contributed by atoms with Gasteiger partial charge in [0, 0.05) is 31.9 Å². The highest BCUT2D eigenvalue weighted by molar-refractivity contribution is 5.39. The summed E-state index contributed by atoms with van der Waals surface area (Å²) in [6, 6.07) is 0. The van der Waals surface area contributed by atoms with Gasteiger partial charge < -0.3 is 10.2 Å². The lowest BCUT2D eigenvalue weighted by Gasteiger charge is -2.34. The van der Waals surface area contributed by atoms with Crippen LogP contribution in [0.25, 0.3) is 0 Å². The summed E-state index contributed by atoms with van der Waals surface area (Å²) in [5.74, 6) is 0. The van der Waals surface area contributed by atoms with E-state index in [9.17, 15) is 0 Å². The van der Waals surface area contributed by atoms with Gasteiger partial charge in [-0.3, -0.25) is 0 Å². The van der Waals surface area contributed by atoms with Crippen LogP contribution in [0.4, 0.5) is 0 Å². The van der Waals surface area contributed by atoms with E-state index in [-0.39, 0.29) is 0 Å². The molecule has 0 saturated carbocycles. The van der Waals surface area contributed by atoms with E-state index in [1.54, 1.807) is 0 Å². The van der Waals surface area contributed by atoms with Gasteiger partial charge in [0.25, 0.3) is 0 Å². The van der Waals surface area contributed by atoms with Crippen LogP contribution in [0.3, 0.4) is 0 Å². The second-order valence-corrected chi connectivity index (χ2v) is 4.94. The number of piperazine rings is 1. The van der Waals surface area contributed by atoms with E-state index in [1.165, 1.54) is 29.7 Å². The van der Waals surface area contributed by atoms with Crippen molar-refractivity contribution in [3.05, 3.63) is 35.1 Å². The smallest absolute Gasteiger partial charge is 0.0391 e. The lowest BCUT2D eigenvalue weighted by molar-refractivity contribution is 0.299. The van der Waals surface area contributed by atoms with Crippen molar-refractivity contribution in [2.75, 3.05) is 26.2 Å². The van der Waals surface area contributed by atoms with Gasteiger partial charge in [0.05, 0.1) is 0 Å². The summed E-state index contributed by atoms with van der Waals surface area (Å²) in [7, 11) is 0. The molecule has 0 bridgehead atoms. The lowest BCUT2D eigenvalue weighted by atomic mass is 10.0. The first-order chi connectivity index (χ1) is 8.33. The number of rotatable bonds is 3. The largest absolute Gasteiger partial charge is 0.369 e. The Labute approximate surface area is 105 Å². The maximum Gasteiger partial charge on any atom is 0.0391 e. The molecule has 0 unspecified atom stereocenters. The molecule has 0 spiro atoms. The Kier molecular flexibility index (Phi) is 4.43. The molecule has 1 N–H and O–H groups in total. The lowest BCUT2D eigenvalue weighted by Crippen LogP contribution is -2.43. The van der Waals surface area contributed by atoms with Crippen LogP contribution < -0.4 is 5.32 Å². The third kappa shape index (κ3) is 3.01. The van der Waals surface area contributed by atoms with Gasteiger partial charge in [0.1, 0.15) is 0 Å². The number of nitrogens with zero attached hydrogens (tertiary/aromatic N) is 1. The van der Waals surface area contributed by atoms with Crippen molar-refractivity contribution in [1.29, 1.82) is 0 Å². The van der Waals surface area contributed by atoms with E-state index in [0.29, 0.717) is 0 Å². The minimum atomic E-state index is 1.10. The first-order valence-electron chi connectivity index (χ1n) is 6.84. The van der Waals surface area contributed by atoms with E-state index >= 15 is 0 Å². The van der Waals surface area contributed by atoms with E-state index in [4.69, 9.17) is 0 Å². The second-order valence-electron chi connectivity index (χ2n) is 4.94. The first-order valence-corrected chi connectivity index (χ1v) is 6.84. The molecule has 2 rings (SSSR count). The summed E-state index contributed by atoms with van der Waals surface area (Å²) < 4.78 is 0. The van der Waals surface area contributed by atoms with Crippen LogP contribution in [0.1, 0.15) is 33.1 Å². The molecule has 94 valence electrons. The Morgan fingerprint density at radius 3 is 2.76 bits per heavy atom. The fourth-order valence-electron chi connectivity index (χ4n) is 2.71. The molecule has 0 radical (unpaired) electrons. The Balaban J connectivity index is 2.24. The molecule has 17 heavy (non-hydrogen) atoms. The van der Waals surface area contributed by atoms with Gasteiger partial charge in [-0.1, -0.05) is 31.6 Å². The zero-order valence-corrected chi connectivity index (χ0v) is 11.1. The Morgan fingerprint density at radius 2 is 2.06 bits per heavy atom. The van der Waals surface area contributed by atoms with Crippen LogP contribution in [0.15, 0.2) is 35.1 Å². The maximum absolute atomic E-state index is 3.43. The van der Waals surface area contributed by atoms with Crippen molar-refractivity contribution in [2.24, 2.45) is 0 Å². The van der Waals surface area contributed by atoms with Gasteiger partial charge in [-0.05, 0) is 30.9 Å². The van der Waals surface area contributed by atoms with Crippen LogP contribution >= 0.6 is 0 Å². The molecule has 0 amide bonds. The molecule has 0 aromatic heterocycles. The first kappa shape index (κ1) is 12.4. The molecule has 2 nitrogen and oxygen atoms in total. The molecular weight excluding hydrogens is 208 g/mol. The fourth-order valence-corrected chi connectivity index (χ4v) is 2.71. The average Bonchev–Trinajstić information content (AvgIpc) is 2.53. The summed E-state index contributed by atoms with van der Waals surface area (Å²) in [6.45, 7) is 9.07. The number of nitrogens with one attached hydrogen (secondary N) is 1. The Hall–Kier alpha value is -1.02. The van der Waals surface area contributed by atoms with Crippen molar-refractivity contribution in [2.45, 2.75) is 33.1 Å². The van der Waals surface area contributed by atoms with Crippen molar-refractivity contribution in [3.63, 3.8) is 0 Å².